The van der Waals surface area contributed by atoms with Gasteiger partial charge in [-0.25, -0.2) is 4.98 Å². The Balaban J connectivity index is 2.90. The largest absolute Gasteiger partial charge is 0.351 e. The minimum absolute atomic E-state index is 0.0451. The fraction of sp³-hybridized carbons (Fsp3) is 0.400. The molecule has 1 aromatic heterocycles. The predicted molar refractivity (Wildman–Crippen MR) is 71.2 cm³/mol. The van der Waals surface area contributed by atoms with Crippen LogP contribution < -0.4 is 5.32 Å². The smallest absolute Gasteiger partial charge is 0.300 e. The highest BCUT2D eigenvalue weighted by Gasteiger charge is 2.21. The molecule has 0 radical (unpaired) electrons. The molecular formula is C10H12ClN3O3S. The molecule has 8 heteroatoms. The Morgan fingerprint density at radius 2 is 2.39 bits per heavy atom. The lowest BCUT2D eigenvalue weighted by Gasteiger charge is -2.09. The third-order valence-corrected chi connectivity index (χ3v) is 3.42. The number of nitrogens with zero attached hydrogens (tertiary/aromatic N) is 2. The maximum absolute atomic E-state index is 11.8. The summed E-state index contributed by atoms with van der Waals surface area (Å²) >= 11 is 7.23. The molecule has 0 aromatic carbocycles. The molecule has 6 nitrogen and oxygen atoms in total. The van der Waals surface area contributed by atoms with E-state index in [0.29, 0.717) is 6.54 Å². The number of aromatic nitrogens is 1. The molecule has 0 aliphatic rings. The van der Waals surface area contributed by atoms with Crippen LogP contribution in [0.3, 0.4) is 0 Å². The Labute approximate surface area is 113 Å². The Morgan fingerprint density at radius 3 is 2.94 bits per heavy atom. The summed E-state index contributed by atoms with van der Waals surface area (Å²) in [5.74, 6) is -0.521. The maximum atomic E-state index is 11.8. The highest BCUT2D eigenvalue weighted by atomic mass is 35.5. The van der Waals surface area contributed by atoms with Crippen LogP contribution in [0.25, 0.3) is 0 Å². The second kappa shape index (κ2) is 6.55. The van der Waals surface area contributed by atoms with Gasteiger partial charge in [-0.1, -0.05) is 18.5 Å². The predicted octanol–water partition coefficient (Wildman–Crippen LogP) is 2.12. The van der Waals surface area contributed by atoms with Gasteiger partial charge in [-0.3, -0.25) is 14.9 Å². The van der Waals surface area contributed by atoms with Gasteiger partial charge in [0.25, 0.3) is 11.6 Å². The lowest BCUT2D eigenvalue weighted by molar-refractivity contribution is -0.385. The Morgan fingerprint density at radius 1 is 1.72 bits per heavy atom. The number of thioether (sulfide) groups is 1. The maximum Gasteiger partial charge on any atom is 0.300 e. The van der Waals surface area contributed by atoms with E-state index in [0.717, 1.165) is 6.20 Å². The summed E-state index contributed by atoms with van der Waals surface area (Å²) < 4.78 is 0. The second-order valence-electron chi connectivity index (χ2n) is 3.54. The summed E-state index contributed by atoms with van der Waals surface area (Å²) in [4.78, 5) is 25.5. The minimum atomic E-state index is -0.657. The molecule has 18 heavy (non-hydrogen) atoms. The van der Waals surface area contributed by atoms with E-state index in [1.165, 1.54) is 6.07 Å². The van der Waals surface area contributed by atoms with E-state index in [4.69, 9.17) is 11.6 Å². The van der Waals surface area contributed by atoms with Crippen molar-refractivity contribution in [1.29, 1.82) is 0 Å². The molecule has 1 N–H and O–H groups in total. The van der Waals surface area contributed by atoms with Gasteiger partial charge in [-0.15, -0.1) is 0 Å². The normalized spacial score (nSPS) is 11.9. The average molecular weight is 290 g/mol. The fourth-order valence-electron chi connectivity index (χ4n) is 1.17. The van der Waals surface area contributed by atoms with Crippen molar-refractivity contribution >= 4 is 35.0 Å². The number of nitrogens with one attached hydrogen (secondary N) is 1. The summed E-state index contributed by atoms with van der Waals surface area (Å²) in [7, 11) is 0. The summed E-state index contributed by atoms with van der Waals surface area (Å²) in [6.45, 7) is 2.37. The molecule has 98 valence electrons. The van der Waals surface area contributed by atoms with Crippen LogP contribution in [-0.2, 0) is 0 Å². The molecule has 0 saturated carbocycles. The lowest BCUT2D eigenvalue weighted by atomic mass is 10.2. The van der Waals surface area contributed by atoms with Gasteiger partial charge in [0, 0.05) is 11.8 Å². The Kier molecular flexibility index (Phi) is 5.36. The highest BCUT2D eigenvalue weighted by Crippen LogP contribution is 2.20. The topological polar surface area (TPSA) is 85.1 Å². The summed E-state index contributed by atoms with van der Waals surface area (Å²) in [6, 6.07) is 1.19. The van der Waals surface area contributed by atoms with Crippen molar-refractivity contribution in [2.24, 2.45) is 0 Å². The van der Waals surface area contributed by atoms with Crippen LogP contribution in [0.15, 0.2) is 12.3 Å². The van der Waals surface area contributed by atoms with E-state index in [9.17, 15) is 14.9 Å². The SMILES string of the molecule is CSC(C)CNC(=O)c1cc(Cl)ncc1[N+](=O)[O-]. The number of carbonyl (C=O) groups is 1. The van der Waals surface area contributed by atoms with Crippen molar-refractivity contribution in [2.75, 3.05) is 12.8 Å². The van der Waals surface area contributed by atoms with Crippen molar-refractivity contribution in [1.82, 2.24) is 10.3 Å². The number of carbonyl (C=O) groups excluding carboxylic acids is 1. The fourth-order valence-corrected chi connectivity index (χ4v) is 1.57. The van der Waals surface area contributed by atoms with Crippen molar-refractivity contribution in [2.45, 2.75) is 12.2 Å². The van der Waals surface area contributed by atoms with Gasteiger partial charge in [0.15, 0.2) is 0 Å². The first-order valence-electron chi connectivity index (χ1n) is 5.06. The minimum Gasteiger partial charge on any atom is -0.351 e. The number of amides is 1. The van der Waals surface area contributed by atoms with Crippen LogP contribution in [0.2, 0.25) is 5.15 Å². The molecule has 1 amide bonds. The number of halogens is 1. The molecular weight excluding hydrogens is 278 g/mol. The third-order valence-electron chi connectivity index (χ3n) is 2.24. The zero-order valence-electron chi connectivity index (χ0n) is 9.84. The van der Waals surface area contributed by atoms with Crippen LogP contribution in [0.5, 0.6) is 0 Å². The zero-order chi connectivity index (χ0) is 13.7. The first-order chi connectivity index (χ1) is 8.45. The van der Waals surface area contributed by atoms with E-state index in [1.54, 1.807) is 11.8 Å². The molecule has 1 heterocycles. The molecule has 1 unspecified atom stereocenters. The molecule has 0 fully saturated rings. The summed E-state index contributed by atoms with van der Waals surface area (Å²) in [5.41, 5.74) is -0.429. The Bertz CT molecular complexity index is 470. The van der Waals surface area contributed by atoms with Crippen molar-refractivity contribution in [3.63, 3.8) is 0 Å². The first kappa shape index (κ1) is 14.7. The first-order valence-corrected chi connectivity index (χ1v) is 6.73. The molecule has 1 rings (SSSR count). The van der Waals surface area contributed by atoms with E-state index >= 15 is 0 Å². The number of pyridine rings is 1. The van der Waals surface area contributed by atoms with E-state index in [2.05, 4.69) is 10.3 Å². The standard InChI is InChI=1S/C10H12ClN3O3S/c1-6(18-2)4-13-10(15)7-3-9(11)12-5-8(7)14(16)17/h3,5-6H,4H2,1-2H3,(H,13,15). The Hall–Kier alpha value is -1.34. The van der Waals surface area contributed by atoms with Crippen molar-refractivity contribution in [3.05, 3.63) is 33.1 Å². The number of rotatable bonds is 5. The van der Waals surface area contributed by atoms with Crippen LogP contribution in [-0.4, -0.2) is 33.9 Å². The quantitative estimate of drug-likeness (QED) is 0.510. The van der Waals surface area contributed by atoms with Crippen LogP contribution in [0.4, 0.5) is 5.69 Å². The lowest BCUT2D eigenvalue weighted by Crippen LogP contribution is -2.29. The highest BCUT2D eigenvalue weighted by molar-refractivity contribution is 7.99. The second-order valence-corrected chi connectivity index (χ2v) is 5.20. The van der Waals surface area contributed by atoms with Gasteiger partial charge in [-0.2, -0.15) is 11.8 Å². The number of hydrogen-bond donors (Lipinski definition) is 1. The van der Waals surface area contributed by atoms with Gasteiger partial charge in [0.1, 0.15) is 16.9 Å². The van der Waals surface area contributed by atoms with Gasteiger partial charge < -0.3 is 5.32 Å². The van der Waals surface area contributed by atoms with Crippen LogP contribution >= 0.6 is 23.4 Å². The number of hydrogen-bond acceptors (Lipinski definition) is 5. The van der Waals surface area contributed by atoms with Crippen LogP contribution in [0.1, 0.15) is 17.3 Å². The molecule has 0 spiro atoms. The monoisotopic (exact) mass is 289 g/mol. The summed E-state index contributed by atoms with van der Waals surface area (Å²) in [5, 5.41) is 13.7. The van der Waals surface area contributed by atoms with Gasteiger partial charge >= 0.3 is 0 Å². The van der Waals surface area contributed by atoms with E-state index in [-0.39, 0.29) is 21.7 Å². The van der Waals surface area contributed by atoms with Gasteiger partial charge in [0.2, 0.25) is 0 Å². The average Bonchev–Trinajstić information content (AvgIpc) is 2.34. The van der Waals surface area contributed by atoms with Crippen molar-refractivity contribution < 1.29 is 9.72 Å². The molecule has 0 aliphatic heterocycles. The van der Waals surface area contributed by atoms with E-state index in [1.807, 2.05) is 13.2 Å². The summed E-state index contributed by atoms with van der Waals surface area (Å²) in [6.07, 6.45) is 2.90. The van der Waals surface area contributed by atoms with Gasteiger partial charge in [-0.05, 0) is 12.3 Å². The molecule has 0 bridgehead atoms. The third kappa shape index (κ3) is 3.85. The molecule has 0 aliphatic carbocycles. The van der Waals surface area contributed by atoms with Gasteiger partial charge in [0.05, 0.1) is 4.92 Å². The molecule has 0 saturated heterocycles. The van der Waals surface area contributed by atoms with Crippen LogP contribution in [0, 0.1) is 10.1 Å². The molecule has 1 aromatic rings. The van der Waals surface area contributed by atoms with E-state index < -0.39 is 10.8 Å². The molecule has 1 atom stereocenters. The van der Waals surface area contributed by atoms with Crippen molar-refractivity contribution in [3.8, 4) is 0 Å². The zero-order valence-corrected chi connectivity index (χ0v) is 11.4. The number of nitro groups is 1.